The van der Waals surface area contributed by atoms with Gasteiger partial charge in [0.15, 0.2) is 0 Å². The second kappa shape index (κ2) is 6.05. The SMILES string of the molecule is CCC(CC)C(NN)c1ccc(Cl)cn1. The standard InChI is InChI=1S/C11H18ClN3/c1-3-8(4-2)11(15-13)10-6-5-9(12)7-14-10/h5-8,11,15H,3-4,13H2,1-2H3. The zero-order valence-electron chi connectivity index (χ0n) is 9.20. The molecule has 0 aliphatic heterocycles. The molecule has 0 saturated carbocycles. The monoisotopic (exact) mass is 227 g/mol. The van der Waals surface area contributed by atoms with Crippen LogP contribution in [0.5, 0.6) is 0 Å². The van der Waals surface area contributed by atoms with Crippen LogP contribution in [0.2, 0.25) is 5.02 Å². The van der Waals surface area contributed by atoms with E-state index >= 15 is 0 Å². The van der Waals surface area contributed by atoms with E-state index in [9.17, 15) is 0 Å². The van der Waals surface area contributed by atoms with Crippen molar-refractivity contribution in [1.29, 1.82) is 0 Å². The minimum Gasteiger partial charge on any atom is -0.271 e. The number of rotatable bonds is 5. The number of hydrogen-bond donors (Lipinski definition) is 2. The van der Waals surface area contributed by atoms with E-state index in [0.717, 1.165) is 18.5 Å². The fraction of sp³-hybridized carbons (Fsp3) is 0.545. The van der Waals surface area contributed by atoms with E-state index in [1.54, 1.807) is 6.20 Å². The molecule has 0 spiro atoms. The molecule has 1 unspecified atom stereocenters. The maximum absolute atomic E-state index is 5.79. The first-order chi connectivity index (χ1) is 7.22. The molecule has 15 heavy (non-hydrogen) atoms. The lowest BCUT2D eigenvalue weighted by Gasteiger charge is -2.23. The average Bonchev–Trinajstić information content (AvgIpc) is 2.27. The predicted octanol–water partition coefficient (Wildman–Crippen LogP) is 2.68. The third kappa shape index (κ3) is 3.16. The number of hydrazine groups is 1. The molecule has 1 aromatic heterocycles. The first kappa shape index (κ1) is 12.4. The highest BCUT2D eigenvalue weighted by molar-refractivity contribution is 6.30. The van der Waals surface area contributed by atoms with Crippen LogP contribution in [0, 0.1) is 5.92 Å². The van der Waals surface area contributed by atoms with Gasteiger partial charge in [0.25, 0.3) is 0 Å². The van der Waals surface area contributed by atoms with Crippen molar-refractivity contribution in [2.45, 2.75) is 32.7 Å². The second-order valence-corrected chi connectivity index (χ2v) is 4.06. The molecule has 1 atom stereocenters. The predicted molar refractivity (Wildman–Crippen MR) is 63.4 cm³/mol. The molecule has 0 amide bonds. The number of nitrogens with two attached hydrogens (primary N) is 1. The molecule has 0 aromatic carbocycles. The van der Waals surface area contributed by atoms with E-state index in [1.807, 2.05) is 12.1 Å². The normalized spacial score (nSPS) is 13.1. The Morgan fingerprint density at radius 1 is 1.40 bits per heavy atom. The Kier molecular flexibility index (Phi) is 5.02. The summed E-state index contributed by atoms with van der Waals surface area (Å²) in [5.74, 6) is 6.08. The van der Waals surface area contributed by atoms with Crippen LogP contribution in [0.4, 0.5) is 0 Å². The molecule has 0 radical (unpaired) electrons. The summed E-state index contributed by atoms with van der Waals surface area (Å²) in [5.41, 5.74) is 3.79. The van der Waals surface area contributed by atoms with Crippen LogP contribution >= 0.6 is 11.6 Å². The first-order valence-electron chi connectivity index (χ1n) is 5.30. The Morgan fingerprint density at radius 2 is 2.07 bits per heavy atom. The summed E-state index contributed by atoms with van der Waals surface area (Å²) in [6.45, 7) is 4.32. The van der Waals surface area contributed by atoms with E-state index < -0.39 is 0 Å². The lowest BCUT2D eigenvalue weighted by molar-refractivity contribution is 0.339. The van der Waals surface area contributed by atoms with Crippen molar-refractivity contribution in [2.75, 3.05) is 0 Å². The summed E-state index contributed by atoms with van der Waals surface area (Å²) >= 11 is 5.79. The Bertz CT molecular complexity index is 282. The Hall–Kier alpha value is -0.640. The van der Waals surface area contributed by atoms with E-state index in [0.29, 0.717) is 10.9 Å². The summed E-state index contributed by atoms with van der Waals surface area (Å²) in [7, 11) is 0. The average molecular weight is 228 g/mol. The Morgan fingerprint density at radius 3 is 2.47 bits per heavy atom. The lowest BCUT2D eigenvalue weighted by atomic mass is 9.92. The molecule has 1 heterocycles. The third-order valence-electron chi connectivity index (χ3n) is 2.77. The number of nitrogens with one attached hydrogen (secondary N) is 1. The van der Waals surface area contributed by atoms with Gasteiger partial charge in [0.1, 0.15) is 0 Å². The van der Waals surface area contributed by atoms with Gasteiger partial charge in [-0.2, -0.15) is 0 Å². The fourth-order valence-electron chi connectivity index (χ4n) is 1.79. The smallest absolute Gasteiger partial charge is 0.0660 e. The van der Waals surface area contributed by atoms with Gasteiger partial charge in [-0.3, -0.25) is 16.3 Å². The number of halogens is 1. The van der Waals surface area contributed by atoms with E-state index in [2.05, 4.69) is 24.3 Å². The molecule has 4 heteroatoms. The fourth-order valence-corrected chi connectivity index (χ4v) is 1.91. The van der Waals surface area contributed by atoms with Crippen LogP contribution in [-0.2, 0) is 0 Å². The zero-order chi connectivity index (χ0) is 11.3. The van der Waals surface area contributed by atoms with Gasteiger partial charge < -0.3 is 0 Å². The van der Waals surface area contributed by atoms with Gasteiger partial charge in [-0.25, -0.2) is 0 Å². The van der Waals surface area contributed by atoms with Crippen LogP contribution in [-0.4, -0.2) is 4.98 Å². The quantitative estimate of drug-likeness (QED) is 0.601. The number of nitrogens with zero attached hydrogens (tertiary/aromatic N) is 1. The molecule has 84 valence electrons. The highest BCUT2D eigenvalue weighted by atomic mass is 35.5. The molecule has 0 aliphatic rings. The van der Waals surface area contributed by atoms with Crippen molar-refractivity contribution < 1.29 is 0 Å². The van der Waals surface area contributed by atoms with Gasteiger partial charge in [0, 0.05) is 6.20 Å². The highest BCUT2D eigenvalue weighted by Crippen LogP contribution is 2.25. The Labute approximate surface area is 96.0 Å². The third-order valence-corrected chi connectivity index (χ3v) is 2.99. The number of aromatic nitrogens is 1. The maximum atomic E-state index is 5.79. The summed E-state index contributed by atoms with van der Waals surface area (Å²) in [4.78, 5) is 4.29. The molecule has 3 N–H and O–H groups in total. The van der Waals surface area contributed by atoms with Crippen LogP contribution in [0.3, 0.4) is 0 Å². The zero-order valence-corrected chi connectivity index (χ0v) is 9.96. The topological polar surface area (TPSA) is 50.9 Å². The van der Waals surface area contributed by atoms with Crippen molar-refractivity contribution >= 4 is 11.6 Å². The van der Waals surface area contributed by atoms with Gasteiger partial charge in [-0.05, 0) is 18.1 Å². The van der Waals surface area contributed by atoms with Crippen LogP contribution in [0.15, 0.2) is 18.3 Å². The molecule has 0 fully saturated rings. The second-order valence-electron chi connectivity index (χ2n) is 3.62. The van der Waals surface area contributed by atoms with Crippen LogP contribution in [0.25, 0.3) is 0 Å². The van der Waals surface area contributed by atoms with E-state index in [4.69, 9.17) is 17.4 Å². The molecule has 1 aromatic rings. The molecule has 1 rings (SSSR count). The van der Waals surface area contributed by atoms with E-state index in [-0.39, 0.29) is 6.04 Å². The summed E-state index contributed by atoms with van der Waals surface area (Å²) in [6.07, 6.45) is 3.81. The highest BCUT2D eigenvalue weighted by Gasteiger charge is 2.19. The van der Waals surface area contributed by atoms with Crippen molar-refractivity contribution in [2.24, 2.45) is 11.8 Å². The van der Waals surface area contributed by atoms with Gasteiger partial charge in [-0.15, -0.1) is 0 Å². The van der Waals surface area contributed by atoms with Gasteiger partial charge in [-0.1, -0.05) is 38.3 Å². The minimum absolute atomic E-state index is 0.109. The van der Waals surface area contributed by atoms with Gasteiger partial charge >= 0.3 is 0 Å². The lowest BCUT2D eigenvalue weighted by Crippen LogP contribution is -2.33. The van der Waals surface area contributed by atoms with Crippen LogP contribution in [0.1, 0.15) is 38.4 Å². The summed E-state index contributed by atoms with van der Waals surface area (Å²) in [5, 5.41) is 0.652. The summed E-state index contributed by atoms with van der Waals surface area (Å²) in [6, 6.07) is 3.87. The molecular formula is C11H18ClN3. The van der Waals surface area contributed by atoms with Gasteiger partial charge in [0.05, 0.1) is 16.8 Å². The summed E-state index contributed by atoms with van der Waals surface area (Å²) < 4.78 is 0. The minimum atomic E-state index is 0.109. The molecule has 3 nitrogen and oxygen atoms in total. The van der Waals surface area contributed by atoms with Gasteiger partial charge in [0.2, 0.25) is 0 Å². The van der Waals surface area contributed by atoms with E-state index in [1.165, 1.54) is 0 Å². The molecule has 0 aliphatic carbocycles. The van der Waals surface area contributed by atoms with Crippen molar-refractivity contribution in [1.82, 2.24) is 10.4 Å². The van der Waals surface area contributed by atoms with Crippen LogP contribution < -0.4 is 11.3 Å². The van der Waals surface area contributed by atoms with Crippen molar-refractivity contribution in [3.8, 4) is 0 Å². The molecule has 0 bridgehead atoms. The number of hydrogen-bond acceptors (Lipinski definition) is 3. The first-order valence-corrected chi connectivity index (χ1v) is 5.68. The molecule has 0 saturated heterocycles. The molecular weight excluding hydrogens is 210 g/mol. The largest absolute Gasteiger partial charge is 0.271 e. The Balaban J connectivity index is 2.86. The maximum Gasteiger partial charge on any atom is 0.0660 e. The van der Waals surface area contributed by atoms with Crippen molar-refractivity contribution in [3.63, 3.8) is 0 Å². The number of pyridine rings is 1. The van der Waals surface area contributed by atoms with Crippen molar-refractivity contribution in [3.05, 3.63) is 29.0 Å².